The van der Waals surface area contributed by atoms with Crippen molar-refractivity contribution in [1.82, 2.24) is 15.1 Å². The summed E-state index contributed by atoms with van der Waals surface area (Å²) in [6, 6.07) is 0. The summed E-state index contributed by atoms with van der Waals surface area (Å²) in [5, 5.41) is 2.86. The van der Waals surface area contributed by atoms with Crippen LogP contribution in [0, 0.1) is 0 Å². The van der Waals surface area contributed by atoms with E-state index >= 15 is 0 Å². The Bertz CT molecular complexity index is 288. The molecule has 0 bridgehead atoms. The average Bonchev–Trinajstić information content (AvgIpc) is 2.90. The monoisotopic (exact) mass is 269 g/mol. The van der Waals surface area contributed by atoms with Crippen molar-refractivity contribution >= 4 is 11.8 Å². The van der Waals surface area contributed by atoms with E-state index in [9.17, 15) is 9.59 Å². The topological polar surface area (TPSA) is 52.7 Å². The Labute approximate surface area is 116 Å². The van der Waals surface area contributed by atoms with E-state index in [1.54, 1.807) is 0 Å². The van der Waals surface area contributed by atoms with E-state index in [0.29, 0.717) is 19.6 Å². The van der Waals surface area contributed by atoms with E-state index in [4.69, 9.17) is 0 Å². The summed E-state index contributed by atoms with van der Waals surface area (Å²) < 4.78 is 0. The average molecular weight is 269 g/mol. The van der Waals surface area contributed by atoms with Gasteiger partial charge in [-0.2, -0.15) is 0 Å². The largest absolute Gasteiger partial charge is 0.355 e. The highest BCUT2D eigenvalue weighted by atomic mass is 16.2. The molecular weight excluding hydrogens is 242 g/mol. The SMILES string of the molecule is CCCNC(=O)CN(CCC)CC(=O)N1CCCC1. The van der Waals surface area contributed by atoms with Crippen LogP contribution in [0.15, 0.2) is 0 Å². The Balaban J connectivity index is 2.38. The molecule has 0 atom stereocenters. The molecule has 0 aromatic rings. The van der Waals surface area contributed by atoms with Gasteiger partial charge < -0.3 is 10.2 Å². The van der Waals surface area contributed by atoms with E-state index in [1.807, 2.05) is 16.7 Å². The third kappa shape index (κ3) is 6.05. The maximum Gasteiger partial charge on any atom is 0.236 e. The second-order valence-electron chi connectivity index (χ2n) is 5.15. The molecule has 5 heteroatoms. The highest BCUT2D eigenvalue weighted by Gasteiger charge is 2.21. The zero-order chi connectivity index (χ0) is 14.1. The van der Waals surface area contributed by atoms with Crippen molar-refractivity contribution in [3.05, 3.63) is 0 Å². The molecule has 0 unspecified atom stereocenters. The quantitative estimate of drug-likeness (QED) is 0.710. The molecule has 1 rings (SSSR count). The zero-order valence-corrected chi connectivity index (χ0v) is 12.3. The first-order valence-electron chi connectivity index (χ1n) is 7.44. The van der Waals surface area contributed by atoms with Gasteiger partial charge in [-0.05, 0) is 32.2 Å². The predicted octanol–water partition coefficient (Wildman–Crippen LogP) is 0.847. The van der Waals surface area contributed by atoms with Crippen LogP contribution in [0.3, 0.4) is 0 Å². The molecular formula is C14H27N3O2. The minimum atomic E-state index is 0.0181. The van der Waals surface area contributed by atoms with Crippen molar-refractivity contribution in [2.75, 3.05) is 39.3 Å². The van der Waals surface area contributed by atoms with E-state index < -0.39 is 0 Å². The number of nitrogens with one attached hydrogen (secondary N) is 1. The smallest absolute Gasteiger partial charge is 0.236 e. The van der Waals surface area contributed by atoms with Gasteiger partial charge in [0, 0.05) is 19.6 Å². The molecule has 0 saturated carbocycles. The lowest BCUT2D eigenvalue weighted by atomic mass is 10.3. The summed E-state index contributed by atoms with van der Waals surface area (Å²) in [7, 11) is 0. The van der Waals surface area contributed by atoms with E-state index in [-0.39, 0.29) is 11.8 Å². The number of hydrogen-bond acceptors (Lipinski definition) is 3. The van der Waals surface area contributed by atoms with Crippen molar-refractivity contribution in [2.24, 2.45) is 0 Å². The molecule has 0 spiro atoms. The van der Waals surface area contributed by atoms with Crippen LogP contribution in [0.5, 0.6) is 0 Å². The van der Waals surface area contributed by atoms with E-state index in [0.717, 1.165) is 45.3 Å². The summed E-state index contributed by atoms with van der Waals surface area (Å²) in [6.45, 7) is 8.04. The molecule has 5 nitrogen and oxygen atoms in total. The van der Waals surface area contributed by atoms with Gasteiger partial charge in [0.2, 0.25) is 11.8 Å². The Kier molecular flexibility index (Phi) is 7.48. The number of amides is 2. The Morgan fingerprint density at radius 1 is 1.11 bits per heavy atom. The number of rotatable bonds is 8. The molecule has 0 radical (unpaired) electrons. The lowest BCUT2D eigenvalue weighted by Gasteiger charge is -2.23. The molecule has 1 aliphatic rings. The number of nitrogens with zero attached hydrogens (tertiary/aromatic N) is 2. The molecule has 1 N–H and O–H groups in total. The van der Waals surface area contributed by atoms with Gasteiger partial charge in [-0.25, -0.2) is 0 Å². The normalized spacial score (nSPS) is 15.0. The van der Waals surface area contributed by atoms with E-state index in [2.05, 4.69) is 12.2 Å². The van der Waals surface area contributed by atoms with Crippen LogP contribution in [-0.4, -0.2) is 60.9 Å². The second kappa shape index (κ2) is 8.91. The zero-order valence-electron chi connectivity index (χ0n) is 12.3. The van der Waals surface area contributed by atoms with Gasteiger partial charge in [0.15, 0.2) is 0 Å². The number of carbonyl (C=O) groups excluding carboxylic acids is 2. The van der Waals surface area contributed by atoms with Crippen LogP contribution in [0.25, 0.3) is 0 Å². The first kappa shape index (κ1) is 16.0. The summed E-state index contributed by atoms with van der Waals surface area (Å²) >= 11 is 0. The number of likely N-dealkylation sites (tertiary alicyclic amines) is 1. The van der Waals surface area contributed by atoms with E-state index in [1.165, 1.54) is 0 Å². The molecule has 19 heavy (non-hydrogen) atoms. The van der Waals surface area contributed by atoms with Gasteiger partial charge in [-0.15, -0.1) is 0 Å². The first-order chi connectivity index (χ1) is 9.17. The van der Waals surface area contributed by atoms with Gasteiger partial charge in [-0.1, -0.05) is 13.8 Å². The van der Waals surface area contributed by atoms with Crippen molar-refractivity contribution in [3.8, 4) is 0 Å². The van der Waals surface area contributed by atoms with Gasteiger partial charge in [0.1, 0.15) is 0 Å². The maximum absolute atomic E-state index is 12.1. The van der Waals surface area contributed by atoms with Crippen LogP contribution >= 0.6 is 0 Å². The summed E-state index contributed by atoms with van der Waals surface area (Å²) in [6.07, 6.45) is 4.10. The fraction of sp³-hybridized carbons (Fsp3) is 0.857. The standard InChI is InChI=1S/C14H27N3O2/c1-3-7-15-13(18)11-16(8-4-2)12-14(19)17-9-5-6-10-17/h3-12H2,1-2H3,(H,15,18). The fourth-order valence-electron chi connectivity index (χ4n) is 2.31. The lowest BCUT2D eigenvalue weighted by Crippen LogP contribution is -2.44. The minimum Gasteiger partial charge on any atom is -0.355 e. The van der Waals surface area contributed by atoms with Crippen LogP contribution < -0.4 is 5.32 Å². The second-order valence-corrected chi connectivity index (χ2v) is 5.15. The molecule has 0 aromatic carbocycles. The Morgan fingerprint density at radius 2 is 1.79 bits per heavy atom. The Morgan fingerprint density at radius 3 is 2.37 bits per heavy atom. The molecule has 1 heterocycles. The fourth-order valence-corrected chi connectivity index (χ4v) is 2.31. The summed E-state index contributed by atoms with van der Waals surface area (Å²) in [5.74, 6) is 0.179. The van der Waals surface area contributed by atoms with Gasteiger partial charge in [0.05, 0.1) is 13.1 Å². The van der Waals surface area contributed by atoms with Crippen molar-refractivity contribution in [1.29, 1.82) is 0 Å². The van der Waals surface area contributed by atoms with Crippen LogP contribution in [-0.2, 0) is 9.59 Å². The van der Waals surface area contributed by atoms with Gasteiger partial charge in [-0.3, -0.25) is 14.5 Å². The van der Waals surface area contributed by atoms with Gasteiger partial charge >= 0.3 is 0 Å². The van der Waals surface area contributed by atoms with Crippen LogP contribution in [0.4, 0.5) is 0 Å². The predicted molar refractivity (Wildman–Crippen MR) is 75.8 cm³/mol. The van der Waals surface area contributed by atoms with Crippen molar-refractivity contribution in [2.45, 2.75) is 39.5 Å². The highest BCUT2D eigenvalue weighted by Crippen LogP contribution is 2.08. The van der Waals surface area contributed by atoms with Crippen molar-refractivity contribution in [3.63, 3.8) is 0 Å². The summed E-state index contributed by atoms with van der Waals surface area (Å²) in [4.78, 5) is 27.7. The molecule has 0 aliphatic carbocycles. The highest BCUT2D eigenvalue weighted by molar-refractivity contribution is 5.81. The van der Waals surface area contributed by atoms with Crippen LogP contribution in [0.1, 0.15) is 39.5 Å². The lowest BCUT2D eigenvalue weighted by molar-refractivity contribution is -0.132. The number of carbonyl (C=O) groups is 2. The van der Waals surface area contributed by atoms with Crippen LogP contribution in [0.2, 0.25) is 0 Å². The number of hydrogen-bond donors (Lipinski definition) is 1. The molecule has 1 saturated heterocycles. The molecule has 110 valence electrons. The molecule has 1 fully saturated rings. The maximum atomic E-state index is 12.1. The van der Waals surface area contributed by atoms with Gasteiger partial charge in [0.25, 0.3) is 0 Å². The third-order valence-corrected chi connectivity index (χ3v) is 3.30. The third-order valence-electron chi connectivity index (χ3n) is 3.30. The first-order valence-corrected chi connectivity index (χ1v) is 7.44. The van der Waals surface area contributed by atoms with Crippen molar-refractivity contribution < 1.29 is 9.59 Å². The molecule has 0 aromatic heterocycles. The molecule has 2 amide bonds. The minimum absolute atomic E-state index is 0.0181. The summed E-state index contributed by atoms with van der Waals surface area (Å²) in [5.41, 5.74) is 0. The molecule has 1 aliphatic heterocycles. The Hall–Kier alpha value is -1.10.